The van der Waals surface area contributed by atoms with Crippen LogP contribution in [0.4, 0.5) is 0 Å². The Kier molecular flexibility index (Phi) is 5.78. The van der Waals surface area contributed by atoms with Gasteiger partial charge in [0, 0.05) is 38.0 Å². The van der Waals surface area contributed by atoms with Gasteiger partial charge in [-0.1, -0.05) is 12.2 Å². The van der Waals surface area contributed by atoms with Gasteiger partial charge in [-0.25, -0.2) is 0 Å². The lowest BCUT2D eigenvalue weighted by molar-refractivity contribution is -0.134. The van der Waals surface area contributed by atoms with Crippen LogP contribution in [0, 0.1) is 11.8 Å². The van der Waals surface area contributed by atoms with Crippen molar-refractivity contribution in [3.63, 3.8) is 0 Å². The molecule has 4 heterocycles. The van der Waals surface area contributed by atoms with Gasteiger partial charge in [0.25, 0.3) is 5.97 Å². The highest BCUT2D eigenvalue weighted by Gasteiger charge is 2.50. The van der Waals surface area contributed by atoms with Crippen molar-refractivity contribution in [1.82, 2.24) is 15.1 Å². The van der Waals surface area contributed by atoms with Gasteiger partial charge in [0.2, 0.25) is 0 Å². The fraction of sp³-hybridized carbons (Fsp3) is 0.889. The molecule has 0 bridgehead atoms. The number of aliphatic carboxylic acids is 1. The van der Waals surface area contributed by atoms with E-state index in [2.05, 4.69) is 22.2 Å². The molecule has 5 nitrogen and oxygen atoms in total. The quantitative estimate of drug-likeness (QED) is 0.703. The van der Waals surface area contributed by atoms with Crippen LogP contribution in [-0.4, -0.2) is 70.7 Å². The predicted octanol–water partition coefficient (Wildman–Crippen LogP) is 1.96. The van der Waals surface area contributed by atoms with Gasteiger partial charge in [-0.3, -0.25) is 9.69 Å². The first-order valence-corrected chi connectivity index (χ1v) is 9.82. The van der Waals surface area contributed by atoms with E-state index in [1.54, 1.807) is 0 Å². The van der Waals surface area contributed by atoms with Gasteiger partial charge in [-0.05, 0) is 64.1 Å². The van der Waals surface area contributed by atoms with Crippen molar-refractivity contribution in [3.8, 4) is 0 Å². The molecule has 0 aromatic rings. The molecular weight excluding hydrogens is 322 g/mol. The summed E-state index contributed by atoms with van der Waals surface area (Å²) in [6.07, 6.45) is 8.04. The van der Waals surface area contributed by atoms with Crippen LogP contribution in [0.15, 0.2) is 0 Å². The van der Waals surface area contributed by atoms with E-state index in [4.69, 9.17) is 22.1 Å². The molecule has 0 aromatic heterocycles. The number of carboxylic acid groups (broad SMARTS) is 1. The molecule has 2 N–H and O–H groups in total. The van der Waals surface area contributed by atoms with Crippen LogP contribution in [0.25, 0.3) is 0 Å². The minimum absolute atomic E-state index is 0.610. The summed E-state index contributed by atoms with van der Waals surface area (Å²) in [7, 11) is 2.10. The Morgan fingerprint density at radius 1 is 1.29 bits per heavy atom. The SMILES string of the molecule is CC(=O)O.CNC1CC(=S)N2C[C@@H]3CCCN4CCC[C@@H]([C@H]34)[C@H]2C1. The molecule has 0 aromatic carbocycles. The number of nitrogens with zero attached hydrogens (tertiary/aromatic N) is 2. The predicted molar refractivity (Wildman–Crippen MR) is 99.3 cm³/mol. The molecular formula is C18H31N3O2S. The van der Waals surface area contributed by atoms with Crippen molar-refractivity contribution < 1.29 is 9.90 Å². The molecule has 4 aliphatic heterocycles. The Morgan fingerprint density at radius 3 is 2.62 bits per heavy atom. The first-order chi connectivity index (χ1) is 11.5. The number of thiocarbonyl (C=S) groups is 1. The second-order valence-corrected chi connectivity index (χ2v) is 8.26. The van der Waals surface area contributed by atoms with Gasteiger partial charge in [0.05, 0.1) is 4.99 Å². The molecule has 6 heteroatoms. The average molecular weight is 354 g/mol. The van der Waals surface area contributed by atoms with Crippen LogP contribution in [0.2, 0.25) is 0 Å². The van der Waals surface area contributed by atoms with Crippen LogP contribution in [0.3, 0.4) is 0 Å². The fourth-order valence-electron chi connectivity index (χ4n) is 5.51. The third kappa shape index (κ3) is 3.60. The number of hydrogen-bond acceptors (Lipinski definition) is 4. The van der Waals surface area contributed by atoms with E-state index in [1.165, 1.54) is 56.7 Å². The zero-order valence-corrected chi connectivity index (χ0v) is 15.7. The highest BCUT2D eigenvalue weighted by atomic mass is 32.1. The summed E-state index contributed by atoms with van der Waals surface area (Å²) in [5, 5.41) is 10.9. The summed E-state index contributed by atoms with van der Waals surface area (Å²) in [5.74, 6) is 0.922. The maximum atomic E-state index is 9.00. The second kappa shape index (κ2) is 7.67. The Balaban J connectivity index is 0.000000383. The molecule has 0 saturated carbocycles. The molecule has 4 rings (SSSR count). The molecule has 24 heavy (non-hydrogen) atoms. The molecule has 0 amide bonds. The van der Waals surface area contributed by atoms with E-state index in [-0.39, 0.29) is 0 Å². The standard InChI is InChI=1S/C16H27N3S.C2H4O2/c1-17-12-8-14-13-5-3-7-18-6-2-4-11(16(13)18)10-19(14)15(20)9-12;1-2(3)4/h11-14,16-17H,2-10H2,1H3;1H3,(H,3,4)/t11-,12?,13+,14+,16-;/m0./s1. The molecule has 136 valence electrons. The van der Waals surface area contributed by atoms with E-state index in [0.717, 1.165) is 37.3 Å². The van der Waals surface area contributed by atoms with Gasteiger partial charge in [-0.2, -0.15) is 0 Å². The summed E-state index contributed by atoms with van der Waals surface area (Å²) in [6, 6.07) is 2.20. The smallest absolute Gasteiger partial charge is 0.300 e. The van der Waals surface area contributed by atoms with Gasteiger partial charge in [0.1, 0.15) is 0 Å². The lowest BCUT2D eigenvalue weighted by Gasteiger charge is -2.60. The highest BCUT2D eigenvalue weighted by molar-refractivity contribution is 7.80. The number of fused-ring (bicyclic) bond motifs is 2. The van der Waals surface area contributed by atoms with E-state index < -0.39 is 5.97 Å². The molecule has 4 aliphatic rings. The van der Waals surface area contributed by atoms with Crippen molar-refractivity contribution in [1.29, 1.82) is 0 Å². The zero-order valence-electron chi connectivity index (χ0n) is 14.9. The summed E-state index contributed by atoms with van der Waals surface area (Å²) in [5.41, 5.74) is 0. The monoisotopic (exact) mass is 353 g/mol. The summed E-state index contributed by atoms with van der Waals surface area (Å²) in [4.78, 5) is 15.7. The van der Waals surface area contributed by atoms with Crippen molar-refractivity contribution in [2.24, 2.45) is 11.8 Å². The third-order valence-electron chi connectivity index (χ3n) is 6.35. The molecule has 5 atom stereocenters. The third-order valence-corrected chi connectivity index (χ3v) is 6.75. The maximum absolute atomic E-state index is 9.00. The van der Waals surface area contributed by atoms with Crippen LogP contribution in [0.5, 0.6) is 0 Å². The van der Waals surface area contributed by atoms with Gasteiger partial charge < -0.3 is 15.3 Å². The van der Waals surface area contributed by atoms with Gasteiger partial charge in [-0.15, -0.1) is 0 Å². The number of carboxylic acids is 1. The van der Waals surface area contributed by atoms with Crippen LogP contribution in [0.1, 0.15) is 45.4 Å². The minimum Gasteiger partial charge on any atom is -0.481 e. The lowest BCUT2D eigenvalue weighted by Crippen LogP contribution is -2.67. The molecule has 0 spiro atoms. The molecule has 0 aliphatic carbocycles. The van der Waals surface area contributed by atoms with Crippen molar-refractivity contribution >= 4 is 23.2 Å². The van der Waals surface area contributed by atoms with E-state index in [1.807, 2.05) is 0 Å². The average Bonchev–Trinajstić information content (AvgIpc) is 2.55. The largest absolute Gasteiger partial charge is 0.481 e. The topological polar surface area (TPSA) is 55.8 Å². The normalized spacial score (nSPS) is 38.5. The van der Waals surface area contributed by atoms with Crippen molar-refractivity contribution in [2.75, 3.05) is 26.7 Å². The molecule has 1 unspecified atom stereocenters. The first kappa shape index (κ1) is 18.1. The van der Waals surface area contributed by atoms with Crippen LogP contribution in [-0.2, 0) is 4.79 Å². The number of nitrogens with one attached hydrogen (secondary N) is 1. The molecule has 4 saturated heterocycles. The number of carbonyl (C=O) groups is 1. The summed E-state index contributed by atoms with van der Waals surface area (Å²) < 4.78 is 0. The maximum Gasteiger partial charge on any atom is 0.300 e. The first-order valence-electron chi connectivity index (χ1n) is 9.41. The Labute approximate surface area is 150 Å². The van der Waals surface area contributed by atoms with E-state index in [9.17, 15) is 0 Å². The number of hydrogen-bond donors (Lipinski definition) is 2. The summed E-state index contributed by atoms with van der Waals surface area (Å²) >= 11 is 5.76. The van der Waals surface area contributed by atoms with Crippen LogP contribution < -0.4 is 5.32 Å². The van der Waals surface area contributed by atoms with Crippen molar-refractivity contribution in [3.05, 3.63) is 0 Å². The zero-order chi connectivity index (χ0) is 17.3. The van der Waals surface area contributed by atoms with Gasteiger partial charge >= 0.3 is 0 Å². The summed E-state index contributed by atoms with van der Waals surface area (Å²) in [6.45, 7) is 5.03. The minimum atomic E-state index is -0.833. The van der Waals surface area contributed by atoms with Gasteiger partial charge in [0.15, 0.2) is 0 Å². The molecule has 4 fully saturated rings. The number of piperidine rings is 4. The second-order valence-electron chi connectivity index (χ2n) is 7.79. The molecule has 0 radical (unpaired) electrons. The number of rotatable bonds is 1. The lowest BCUT2D eigenvalue weighted by atomic mass is 9.67. The highest BCUT2D eigenvalue weighted by Crippen LogP contribution is 2.44. The Bertz CT molecular complexity index is 481. The Hall–Kier alpha value is -0.720. The van der Waals surface area contributed by atoms with E-state index in [0.29, 0.717) is 6.04 Å². The van der Waals surface area contributed by atoms with Crippen molar-refractivity contribution in [2.45, 2.75) is 63.6 Å². The Morgan fingerprint density at radius 2 is 1.96 bits per heavy atom. The van der Waals surface area contributed by atoms with E-state index >= 15 is 0 Å². The van der Waals surface area contributed by atoms with Crippen LogP contribution >= 0.6 is 12.2 Å². The fourth-order valence-corrected chi connectivity index (χ4v) is 5.92.